The summed E-state index contributed by atoms with van der Waals surface area (Å²) >= 11 is 0. The van der Waals surface area contributed by atoms with Crippen LogP contribution in [-0.4, -0.2) is 19.9 Å². The fourth-order valence-corrected chi connectivity index (χ4v) is 11.7. The highest BCUT2D eigenvalue weighted by Crippen LogP contribution is 2.41. The van der Waals surface area contributed by atoms with Gasteiger partial charge >= 0.3 is 0 Å². The maximum absolute atomic E-state index is 7.09. The number of rotatable bonds is 34. The van der Waals surface area contributed by atoms with Crippen molar-refractivity contribution < 1.29 is 4.74 Å². The molecule has 0 atom stereocenters. The van der Waals surface area contributed by atoms with Crippen molar-refractivity contribution >= 4 is 0 Å². The third-order valence-corrected chi connectivity index (χ3v) is 16.1. The second-order valence-electron chi connectivity index (χ2n) is 22.1. The molecule has 6 rings (SSSR count). The molecule has 0 N–H and O–H groups in total. The first-order valence-electron chi connectivity index (χ1n) is 29.6. The van der Waals surface area contributed by atoms with Crippen LogP contribution < -0.4 is 4.74 Å². The van der Waals surface area contributed by atoms with Gasteiger partial charge in [-0.3, -0.25) is 0 Å². The minimum atomic E-state index is 0.478. The van der Waals surface area contributed by atoms with Gasteiger partial charge in [-0.1, -0.05) is 180 Å². The van der Waals surface area contributed by atoms with Gasteiger partial charge in [-0.25, -0.2) is 19.9 Å². The average Bonchev–Trinajstić information content (AvgIpc) is 3.37. The Balaban J connectivity index is 0.966. The van der Waals surface area contributed by atoms with Gasteiger partial charge in [0.2, 0.25) is 0 Å². The number of aryl methyl sites for hydroxylation is 4. The summed E-state index contributed by atoms with van der Waals surface area (Å²) in [6.45, 7) is 9.18. The van der Waals surface area contributed by atoms with Crippen molar-refractivity contribution in [3.05, 3.63) is 106 Å². The van der Waals surface area contributed by atoms with E-state index >= 15 is 0 Å². The topological polar surface area (TPSA) is 60.8 Å². The van der Waals surface area contributed by atoms with Crippen molar-refractivity contribution in [3.63, 3.8) is 0 Å². The van der Waals surface area contributed by atoms with Gasteiger partial charge in [0.25, 0.3) is 0 Å². The highest BCUT2D eigenvalue weighted by molar-refractivity contribution is 5.45. The minimum Gasteiger partial charge on any atom is -0.457 e. The van der Waals surface area contributed by atoms with Crippen LogP contribution in [0.2, 0.25) is 0 Å². The molecular weight excluding hydrogens is 841 g/mol. The van der Waals surface area contributed by atoms with Crippen molar-refractivity contribution in [1.82, 2.24) is 19.9 Å². The third kappa shape index (κ3) is 19.8. The van der Waals surface area contributed by atoms with Crippen molar-refractivity contribution in [2.24, 2.45) is 11.8 Å². The van der Waals surface area contributed by atoms with Crippen molar-refractivity contribution in [3.8, 4) is 11.5 Å². The molecule has 0 unspecified atom stereocenters. The standard InChI is InChI=1S/C64H98N4O/c1-5-9-11-13-15-17-19-21-23-25-29-55-47-65-63(66-48-55)57-37-31-53(32-38-57)45-59-43-51(27-7-3)35-41-61(59)69-62-42-36-52(28-8-4)44-60(62)46-54-33-39-58(40-34-54)64-67-49-56(50-68-64)30-26-24-22-20-18-16-14-12-10-6-2/h35-36,41-44,47-50,53-54,57-58H,5-34,37-40,45-46H2,1-4H3. The van der Waals surface area contributed by atoms with E-state index in [1.54, 1.807) is 0 Å². The quantitative estimate of drug-likeness (QED) is 0.0437. The SMILES string of the molecule is CCCCCCCCCCCCc1cnc(C2CCC(Cc3cc(CCC)ccc3Oc3ccc(CCC)cc3CC3CCC(c4ncc(CCCCCCCCCCCC)cn4)CC3)CC2)nc1. The maximum Gasteiger partial charge on any atom is 0.131 e. The molecule has 2 fully saturated rings. The van der Waals surface area contributed by atoms with Crippen LogP contribution in [0, 0.1) is 11.8 Å². The summed E-state index contributed by atoms with van der Waals surface area (Å²) < 4.78 is 7.09. The normalized spacial score (nSPS) is 18.4. The predicted octanol–water partition coefficient (Wildman–Crippen LogP) is 18.9. The lowest BCUT2D eigenvalue weighted by Crippen LogP contribution is -2.18. The summed E-state index contributed by atoms with van der Waals surface area (Å²) in [4.78, 5) is 19.8. The number of nitrogens with zero attached hydrogens (tertiary/aromatic N) is 4. The maximum atomic E-state index is 7.09. The van der Waals surface area contributed by atoms with Gasteiger partial charge in [-0.15, -0.1) is 0 Å². The molecule has 0 spiro atoms. The first-order chi connectivity index (χ1) is 34.0. The van der Waals surface area contributed by atoms with Crippen LogP contribution in [0.15, 0.2) is 61.2 Å². The molecule has 0 saturated heterocycles. The molecule has 0 amide bonds. The molecule has 0 aliphatic heterocycles. The smallest absolute Gasteiger partial charge is 0.131 e. The van der Waals surface area contributed by atoms with E-state index in [9.17, 15) is 0 Å². The van der Waals surface area contributed by atoms with Gasteiger partial charge in [0, 0.05) is 36.6 Å². The zero-order valence-electron chi connectivity index (χ0n) is 44.7. The minimum absolute atomic E-state index is 0.478. The second kappa shape index (κ2) is 32.4. The summed E-state index contributed by atoms with van der Waals surface area (Å²) in [5, 5.41) is 0. The van der Waals surface area contributed by atoms with Gasteiger partial charge < -0.3 is 4.74 Å². The summed E-state index contributed by atoms with van der Waals surface area (Å²) in [7, 11) is 0. The largest absolute Gasteiger partial charge is 0.457 e. The van der Waals surface area contributed by atoms with E-state index < -0.39 is 0 Å². The number of hydrogen-bond donors (Lipinski definition) is 0. The summed E-state index contributed by atoms with van der Waals surface area (Å²) in [6, 6.07) is 14.1. The molecule has 0 bridgehead atoms. The van der Waals surface area contributed by atoms with Gasteiger partial charge in [-0.05, 0) is 160 Å². The monoisotopic (exact) mass is 939 g/mol. The van der Waals surface area contributed by atoms with Gasteiger partial charge in [0.1, 0.15) is 23.1 Å². The predicted molar refractivity (Wildman–Crippen MR) is 293 cm³/mol. The van der Waals surface area contributed by atoms with Gasteiger partial charge in [0.05, 0.1) is 0 Å². The van der Waals surface area contributed by atoms with E-state index in [-0.39, 0.29) is 0 Å². The molecule has 69 heavy (non-hydrogen) atoms. The first kappa shape index (κ1) is 54.7. The van der Waals surface area contributed by atoms with Gasteiger partial charge in [-0.2, -0.15) is 0 Å². The zero-order valence-corrected chi connectivity index (χ0v) is 44.7. The Morgan fingerprint density at radius 2 is 0.696 bits per heavy atom. The Labute approximate surface area is 423 Å². The second-order valence-corrected chi connectivity index (χ2v) is 22.1. The number of benzene rings is 2. The summed E-state index contributed by atoms with van der Waals surface area (Å²) in [5.41, 5.74) is 8.25. The van der Waals surface area contributed by atoms with Crippen LogP contribution in [0.4, 0.5) is 0 Å². The number of aromatic nitrogens is 4. The Morgan fingerprint density at radius 3 is 1.03 bits per heavy atom. The van der Waals surface area contributed by atoms with Crippen LogP contribution >= 0.6 is 0 Å². The summed E-state index contributed by atoms with van der Waals surface area (Å²) in [6.07, 6.45) is 54.6. The molecule has 2 saturated carbocycles. The van der Waals surface area contributed by atoms with Crippen LogP contribution in [0.1, 0.15) is 277 Å². The fourth-order valence-electron chi connectivity index (χ4n) is 11.7. The highest BCUT2D eigenvalue weighted by Gasteiger charge is 2.27. The Bertz CT molecular complexity index is 1800. The van der Waals surface area contributed by atoms with E-state index in [1.165, 1.54) is 213 Å². The van der Waals surface area contributed by atoms with Crippen molar-refractivity contribution in [2.75, 3.05) is 0 Å². The number of hydrogen-bond acceptors (Lipinski definition) is 5. The summed E-state index contributed by atoms with van der Waals surface area (Å²) in [5.74, 6) is 6.51. The molecule has 4 aromatic rings. The van der Waals surface area contributed by atoms with Crippen molar-refractivity contribution in [1.29, 1.82) is 0 Å². The van der Waals surface area contributed by atoms with E-state index in [0.717, 1.165) is 74.5 Å². The molecule has 2 aliphatic rings. The number of unbranched alkanes of at least 4 members (excludes halogenated alkanes) is 18. The lowest BCUT2D eigenvalue weighted by atomic mass is 9.78. The molecule has 5 nitrogen and oxygen atoms in total. The van der Waals surface area contributed by atoms with Crippen LogP contribution in [0.5, 0.6) is 11.5 Å². The molecule has 5 heteroatoms. The van der Waals surface area contributed by atoms with Gasteiger partial charge in [0.15, 0.2) is 0 Å². The molecule has 380 valence electrons. The van der Waals surface area contributed by atoms with Crippen LogP contribution in [0.25, 0.3) is 0 Å². The van der Waals surface area contributed by atoms with E-state index in [1.807, 2.05) is 0 Å². The third-order valence-electron chi connectivity index (χ3n) is 16.1. The molecule has 2 heterocycles. The fraction of sp³-hybridized carbons (Fsp3) is 0.688. The molecule has 2 aliphatic carbocycles. The molecule has 2 aromatic heterocycles. The van der Waals surface area contributed by atoms with Crippen molar-refractivity contribution in [2.45, 2.75) is 271 Å². The van der Waals surface area contributed by atoms with E-state index in [4.69, 9.17) is 24.7 Å². The lowest BCUT2D eigenvalue weighted by molar-refractivity contribution is 0.312. The van der Waals surface area contributed by atoms with E-state index in [2.05, 4.69) is 88.9 Å². The van der Waals surface area contributed by atoms with Crippen LogP contribution in [0.3, 0.4) is 0 Å². The molecule has 2 aromatic carbocycles. The first-order valence-corrected chi connectivity index (χ1v) is 29.6. The Morgan fingerprint density at radius 1 is 0.362 bits per heavy atom. The molecular formula is C64H98N4O. The Kier molecular flexibility index (Phi) is 25.7. The lowest BCUT2D eigenvalue weighted by Gasteiger charge is -2.29. The average molecular weight is 940 g/mol. The molecule has 0 radical (unpaired) electrons. The number of ether oxygens (including phenoxy) is 1. The van der Waals surface area contributed by atoms with E-state index in [0.29, 0.717) is 23.7 Å². The highest BCUT2D eigenvalue weighted by atomic mass is 16.5. The zero-order chi connectivity index (χ0) is 48.1. The Hall–Kier alpha value is -3.60. The van der Waals surface area contributed by atoms with Crippen LogP contribution in [-0.2, 0) is 38.5 Å².